The standard InChI is InChI=1S/C8H14N5O13P3/c9-7-11-5-4(6(14)12-7)10-3-13(5)8(15)23-1-2-24-28(19,20)26-29(21,22)25-27(16,17)18/h3,8,15H,1-2H2,(H,19,20)(H,21,22)(H2,16,17,18)(H3,9,11,12,14)/t8-/m1/s1. The number of phosphoric ester groups is 1. The lowest BCUT2D eigenvalue weighted by Gasteiger charge is -2.17. The number of rotatable bonds is 10. The minimum Gasteiger partial charge on any atom is -0.369 e. The number of imidazole rings is 1. The minimum absolute atomic E-state index is 0.133. The van der Waals surface area contributed by atoms with Crippen LogP contribution in [0.4, 0.5) is 5.95 Å². The quantitative estimate of drug-likeness (QED) is 0.116. The van der Waals surface area contributed by atoms with E-state index in [1.807, 2.05) is 0 Å². The first-order chi connectivity index (χ1) is 13.2. The van der Waals surface area contributed by atoms with E-state index < -0.39 is 48.7 Å². The van der Waals surface area contributed by atoms with Crippen LogP contribution >= 0.6 is 23.5 Å². The highest BCUT2D eigenvalue weighted by atomic mass is 31.3. The van der Waals surface area contributed by atoms with Crippen molar-refractivity contribution >= 4 is 40.6 Å². The van der Waals surface area contributed by atoms with Gasteiger partial charge in [0.1, 0.15) is 6.33 Å². The van der Waals surface area contributed by atoms with Crippen LogP contribution in [0.25, 0.3) is 11.2 Å². The average Bonchev–Trinajstić information content (AvgIpc) is 2.91. The van der Waals surface area contributed by atoms with Crippen LogP contribution in [0.2, 0.25) is 0 Å². The molecule has 21 heteroatoms. The van der Waals surface area contributed by atoms with Gasteiger partial charge in [-0.15, -0.1) is 0 Å². The Morgan fingerprint density at radius 2 is 1.79 bits per heavy atom. The Hall–Kier alpha value is -1.52. The number of anilines is 1. The number of nitrogen functional groups attached to an aromatic ring is 1. The number of aromatic amines is 1. The predicted molar refractivity (Wildman–Crippen MR) is 89.6 cm³/mol. The highest BCUT2D eigenvalue weighted by molar-refractivity contribution is 7.66. The fraction of sp³-hybridized carbons (Fsp3) is 0.375. The third-order valence-electron chi connectivity index (χ3n) is 2.71. The molecule has 8 N–H and O–H groups in total. The molecule has 2 heterocycles. The normalized spacial score (nSPS) is 17.7. The molecular formula is C8H14N5O13P3. The van der Waals surface area contributed by atoms with Gasteiger partial charge in [-0.05, 0) is 0 Å². The monoisotopic (exact) mass is 481 g/mol. The number of ether oxygens (including phenoxy) is 1. The number of phosphoric acid groups is 3. The lowest BCUT2D eigenvalue weighted by Crippen LogP contribution is -2.17. The van der Waals surface area contributed by atoms with Crippen LogP contribution in [0.1, 0.15) is 6.41 Å². The maximum atomic E-state index is 11.6. The van der Waals surface area contributed by atoms with Crippen molar-refractivity contribution in [1.29, 1.82) is 0 Å². The minimum atomic E-state index is -5.64. The van der Waals surface area contributed by atoms with E-state index in [-0.39, 0.29) is 17.1 Å². The van der Waals surface area contributed by atoms with Gasteiger partial charge in [0.05, 0.1) is 13.2 Å². The Bertz CT molecular complexity index is 1080. The summed E-state index contributed by atoms with van der Waals surface area (Å²) < 4.78 is 50.2. The van der Waals surface area contributed by atoms with E-state index in [4.69, 9.17) is 25.2 Å². The Morgan fingerprint density at radius 1 is 1.14 bits per heavy atom. The number of aliphatic hydroxyl groups is 1. The molecule has 0 saturated carbocycles. The summed E-state index contributed by atoms with van der Waals surface area (Å²) in [7, 11) is -16.5. The third-order valence-corrected chi connectivity index (χ3v) is 6.55. The van der Waals surface area contributed by atoms with E-state index in [0.717, 1.165) is 10.9 Å². The molecule has 0 aliphatic heterocycles. The van der Waals surface area contributed by atoms with E-state index in [1.165, 1.54) is 0 Å². The van der Waals surface area contributed by atoms with Crippen LogP contribution in [0.5, 0.6) is 0 Å². The molecule has 0 aliphatic rings. The lowest BCUT2D eigenvalue weighted by atomic mass is 10.5. The number of H-pyrrole nitrogens is 1. The fourth-order valence-corrected chi connectivity index (χ4v) is 4.79. The van der Waals surface area contributed by atoms with Crippen molar-refractivity contribution in [2.75, 3.05) is 18.9 Å². The number of nitrogens with two attached hydrogens (primary N) is 1. The number of fused-ring (bicyclic) bond motifs is 1. The number of hydrogen-bond donors (Lipinski definition) is 7. The number of nitrogens with one attached hydrogen (secondary N) is 1. The molecule has 0 amide bonds. The Morgan fingerprint density at radius 3 is 2.41 bits per heavy atom. The van der Waals surface area contributed by atoms with Gasteiger partial charge in [-0.2, -0.15) is 13.6 Å². The fourth-order valence-electron chi connectivity index (χ4n) is 1.79. The second kappa shape index (κ2) is 8.69. The first-order valence-corrected chi connectivity index (χ1v) is 11.5. The smallest absolute Gasteiger partial charge is 0.369 e. The van der Waals surface area contributed by atoms with E-state index in [0.29, 0.717) is 0 Å². The average molecular weight is 481 g/mol. The molecule has 2 aromatic rings. The van der Waals surface area contributed by atoms with Crippen LogP contribution in [-0.4, -0.2) is 57.4 Å². The number of aliphatic hydroxyl groups excluding tert-OH is 1. The van der Waals surface area contributed by atoms with Gasteiger partial charge in [0.2, 0.25) is 12.4 Å². The summed E-state index contributed by atoms with van der Waals surface area (Å²) in [6.07, 6.45) is -0.794. The molecule has 2 aromatic heterocycles. The van der Waals surface area contributed by atoms with E-state index in [2.05, 4.69) is 28.1 Å². The summed E-state index contributed by atoms with van der Waals surface area (Å²) in [4.78, 5) is 56.3. The van der Waals surface area contributed by atoms with Crippen LogP contribution in [0.15, 0.2) is 11.1 Å². The molecule has 0 aromatic carbocycles. The van der Waals surface area contributed by atoms with E-state index in [1.54, 1.807) is 0 Å². The van der Waals surface area contributed by atoms with Crippen molar-refractivity contribution in [1.82, 2.24) is 19.5 Å². The zero-order chi connectivity index (χ0) is 22.0. The molecular weight excluding hydrogens is 467 g/mol. The van der Waals surface area contributed by atoms with Gasteiger partial charge in [-0.1, -0.05) is 0 Å². The summed E-state index contributed by atoms with van der Waals surface area (Å²) in [6.45, 7) is -1.41. The first-order valence-electron chi connectivity index (χ1n) is 6.99. The molecule has 0 radical (unpaired) electrons. The van der Waals surface area contributed by atoms with Crippen LogP contribution < -0.4 is 11.3 Å². The van der Waals surface area contributed by atoms with Gasteiger partial charge in [-0.3, -0.25) is 18.9 Å². The van der Waals surface area contributed by atoms with Crippen molar-refractivity contribution in [3.8, 4) is 0 Å². The molecule has 0 aliphatic carbocycles. The molecule has 29 heavy (non-hydrogen) atoms. The summed E-state index contributed by atoms with van der Waals surface area (Å²) >= 11 is 0. The Balaban J connectivity index is 1.92. The van der Waals surface area contributed by atoms with Gasteiger partial charge < -0.3 is 35.2 Å². The van der Waals surface area contributed by atoms with Crippen molar-refractivity contribution in [3.05, 3.63) is 16.7 Å². The molecule has 0 saturated heterocycles. The molecule has 2 rings (SSSR count). The van der Waals surface area contributed by atoms with Crippen molar-refractivity contribution in [2.45, 2.75) is 6.41 Å². The zero-order valence-corrected chi connectivity index (χ0v) is 16.5. The second-order valence-corrected chi connectivity index (χ2v) is 9.32. The number of nitrogens with zero attached hydrogens (tertiary/aromatic N) is 3. The molecule has 0 spiro atoms. The highest BCUT2D eigenvalue weighted by Crippen LogP contribution is 2.66. The van der Waals surface area contributed by atoms with Gasteiger partial charge in [-0.25, -0.2) is 18.7 Å². The maximum Gasteiger partial charge on any atom is 0.490 e. The molecule has 164 valence electrons. The van der Waals surface area contributed by atoms with Gasteiger partial charge in [0, 0.05) is 0 Å². The second-order valence-electron chi connectivity index (χ2n) is 4.90. The predicted octanol–water partition coefficient (Wildman–Crippen LogP) is -1.49. The topological polar surface area (TPSA) is 279 Å². The van der Waals surface area contributed by atoms with Crippen LogP contribution in [0, 0.1) is 0 Å². The zero-order valence-electron chi connectivity index (χ0n) is 13.8. The Labute approximate surface area is 159 Å². The molecule has 2 unspecified atom stereocenters. The third kappa shape index (κ3) is 7.04. The molecule has 18 nitrogen and oxygen atoms in total. The largest absolute Gasteiger partial charge is 0.490 e. The summed E-state index contributed by atoms with van der Waals surface area (Å²) in [5.41, 5.74) is 4.42. The Kier molecular flexibility index (Phi) is 7.12. The van der Waals surface area contributed by atoms with Crippen molar-refractivity contribution < 1.29 is 56.3 Å². The number of hydrogen-bond acceptors (Lipinski definition) is 12. The van der Waals surface area contributed by atoms with Crippen molar-refractivity contribution in [3.63, 3.8) is 0 Å². The summed E-state index contributed by atoms with van der Waals surface area (Å²) in [6, 6.07) is 0. The first kappa shape index (κ1) is 23.8. The van der Waals surface area contributed by atoms with E-state index >= 15 is 0 Å². The summed E-state index contributed by atoms with van der Waals surface area (Å²) in [5, 5.41) is 9.93. The maximum absolute atomic E-state index is 11.6. The summed E-state index contributed by atoms with van der Waals surface area (Å²) in [5.74, 6) is -0.260. The number of aromatic nitrogens is 4. The lowest BCUT2D eigenvalue weighted by molar-refractivity contribution is -0.155. The van der Waals surface area contributed by atoms with Crippen molar-refractivity contribution in [2.24, 2.45) is 0 Å². The van der Waals surface area contributed by atoms with Crippen LogP contribution in [0.3, 0.4) is 0 Å². The molecule has 3 atom stereocenters. The SMILES string of the molecule is Nc1nc2c(ncn2[C@H](O)OCCOP(=O)(O)OP(=O)(O)OP(=O)(O)O)c(=O)[nH]1. The molecule has 0 fully saturated rings. The van der Waals surface area contributed by atoms with Crippen LogP contribution in [-0.2, 0) is 31.6 Å². The van der Waals surface area contributed by atoms with Gasteiger partial charge in [0.25, 0.3) is 5.56 Å². The molecule has 0 bridgehead atoms. The van der Waals surface area contributed by atoms with Gasteiger partial charge >= 0.3 is 23.5 Å². The van der Waals surface area contributed by atoms with E-state index in [9.17, 15) is 28.5 Å². The van der Waals surface area contributed by atoms with Gasteiger partial charge in [0.15, 0.2) is 11.2 Å². The highest BCUT2D eigenvalue weighted by Gasteiger charge is 2.40.